The smallest absolute Gasteiger partial charge is 0.242 e. The zero-order chi connectivity index (χ0) is 20.9. The van der Waals surface area contributed by atoms with Gasteiger partial charge in [0.2, 0.25) is 10.0 Å². The van der Waals surface area contributed by atoms with Gasteiger partial charge in [-0.1, -0.05) is 24.3 Å². The molecule has 1 saturated heterocycles. The first-order chi connectivity index (χ1) is 13.9. The summed E-state index contributed by atoms with van der Waals surface area (Å²) in [6.45, 7) is 5.58. The SMILES string of the molecule is CN(C)S(=O)(=O)c1cccc(CN2CCCN(Cc3ccc(C#N)cc3)CC2)c1. The van der Waals surface area contributed by atoms with E-state index >= 15 is 0 Å². The Morgan fingerprint density at radius 2 is 1.55 bits per heavy atom. The molecule has 0 saturated carbocycles. The molecular weight excluding hydrogens is 384 g/mol. The topological polar surface area (TPSA) is 67.7 Å². The molecule has 7 heteroatoms. The van der Waals surface area contributed by atoms with E-state index in [0.717, 1.165) is 51.3 Å². The molecule has 0 unspecified atom stereocenters. The summed E-state index contributed by atoms with van der Waals surface area (Å²) in [5.41, 5.74) is 2.93. The molecule has 0 radical (unpaired) electrons. The lowest BCUT2D eigenvalue weighted by atomic mass is 10.1. The Labute approximate surface area is 174 Å². The van der Waals surface area contributed by atoms with Gasteiger partial charge in [0.15, 0.2) is 0 Å². The van der Waals surface area contributed by atoms with Crippen LogP contribution in [0, 0.1) is 11.3 Å². The Bertz CT molecular complexity index is 965. The molecule has 0 atom stereocenters. The number of nitriles is 1. The van der Waals surface area contributed by atoms with E-state index in [1.54, 1.807) is 26.2 Å². The first-order valence-electron chi connectivity index (χ1n) is 9.84. The van der Waals surface area contributed by atoms with Gasteiger partial charge in [0.05, 0.1) is 16.5 Å². The second kappa shape index (κ2) is 9.51. The zero-order valence-electron chi connectivity index (χ0n) is 17.1. The van der Waals surface area contributed by atoms with E-state index in [4.69, 9.17) is 5.26 Å². The van der Waals surface area contributed by atoms with Gasteiger partial charge in [0.25, 0.3) is 0 Å². The molecule has 2 aromatic carbocycles. The van der Waals surface area contributed by atoms with Crippen LogP contribution in [0.15, 0.2) is 53.4 Å². The third-order valence-electron chi connectivity index (χ3n) is 5.25. The van der Waals surface area contributed by atoms with Gasteiger partial charge in [-0.2, -0.15) is 5.26 Å². The van der Waals surface area contributed by atoms with E-state index in [2.05, 4.69) is 15.9 Å². The highest BCUT2D eigenvalue weighted by Crippen LogP contribution is 2.17. The maximum absolute atomic E-state index is 12.4. The molecule has 1 aliphatic rings. The van der Waals surface area contributed by atoms with Crippen molar-refractivity contribution in [2.24, 2.45) is 0 Å². The molecule has 1 fully saturated rings. The lowest BCUT2D eigenvalue weighted by molar-refractivity contribution is 0.247. The summed E-state index contributed by atoms with van der Waals surface area (Å²) < 4.78 is 26.0. The minimum Gasteiger partial charge on any atom is -0.298 e. The van der Waals surface area contributed by atoms with E-state index in [1.165, 1.54) is 9.87 Å². The summed E-state index contributed by atoms with van der Waals surface area (Å²) in [5.74, 6) is 0. The number of benzene rings is 2. The van der Waals surface area contributed by atoms with Gasteiger partial charge in [-0.25, -0.2) is 12.7 Å². The van der Waals surface area contributed by atoms with Gasteiger partial charge >= 0.3 is 0 Å². The quantitative estimate of drug-likeness (QED) is 0.729. The van der Waals surface area contributed by atoms with Gasteiger partial charge in [0, 0.05) is 40.3 Å². The minimum absolute atomic E-state index is 0.345. The van der Waals surface area contributed by atoms with Crippen molar-refractivity contribution in [1.82, 2.24) is 14.1 Å². The van der Waals surface area contributed by atoms with Crippen molar-refractivity contribution in [3.63, 3.8) is 0 Å². The van der Waals surface area contributed by atoms with E-state index in [9.17, 15) is 8.42 Å². The molecule has 29 heavy (non-hydrogen) atoms. The van der Waals surface area contributed by atoms with Crippen molar-refractivity contribution in [2.45, 2.75) is 24.4 Å². The molecule has 1 aliphatic heterocycles. The summed E-state index contributed by atoms with van der Waals surface area (Å²) in [6.07, 6.45) is 1.08. The second-order valence-corrected chi connectivity index (χ2v) is 9.80. The Morgan fingerprint density at radius 3 is 2.14 bits per heavy atom. The number of sulfonamides is 1. The molecule has 6 nitrogen and oxygen atoms in total. The summed E-state index contributed by atoms with van der Waals surface area (Å²) in [4.78, 5) is 5.17. The summed E-state index contributed by atoms with van der Waals surface area (Å²) in [7, 11) is -0.300. The van der Waals surface area contributed by atoms with E-state index < -0.39 is 10.0 Å². The lowest BCUT2D eigenvalue weighted by Crippen LogP contribution is -2.30. The van der Waals surface area contributed by atoms with Crippen LogP contribution in [-0.4, -0.2) is 62.8 Å². The van der Waals surface area contributed by atoms with Gasteiger partial charge < -0.3 is 0 Å². The fraction of sp³-hybridized carbons (Fsp3) is 0.409. The molecule has 0 N–H and O–H groups in total. The third kappa shape index (κ3) is 5.64. The summed E-state index contributed by atoms with van der Waals surface area (Å²) in [5, 5.41) is 8.92. The van der Waals surface area contributed by atoms with Crippen LogP contribution in [0.3, 0.4) is 0 Å². The molecule has 2 aromatic rings. The highest BCUT2D eigenvalue weighted by molar-refractivity contribution is 7.89. The van der Waals surface area contributed by atoms with E-state index in [1.807, 2.05) is 36.4 Å². The molecular formula is C22H28N4O2S. The van der Waals surface area contributed by atoms with Crippen molar-refractivity contribution < 1.29 is 8.42 Å². The van der Waals surface area contributed by atoms with Crippen LogP contribution < -0.4 is 0 Å². The standard InChI is InChI=1S/C22H28N4O2S/c1-24(2)29(27,28)22-6-3-5-21(15-22)18-26-12-4-11-25(13-14-26)17-20-9-7-19(16-23)8-10-20/h3,5-10,15H,4,11-14,17-18H2,1-2H3. The summed E-state index contributed by atoms with van der Waals surface area (Å²) >= 11 is 0. The molecule has 1 heterocycles. The van der Waals surface area contributed by atoms with Crippen molar-refractivity contribution in [1.29, 1.82) is 5.26 Å². The Hall–Kier alpha value is -2.24. The number of hydrogen-bond donors (Lipinski definition) is 0. The first kappa shape index (κ1) is 21.5. The van der Waals surface area contributed by atoms with Gasteiger partial charge in [-0.15, -0.1) is 0 Å². The fourth-order valence-corrected chi connectivity index (χ4v) is 4.53. The average Bonchev–Trinajstić information content (AvgIpc) is 2.94. The molecule has 0 bridgehead atoms. The molecule has 3 rings (SSSR count). The maximum atomic E-state index is 12.4. The monoisotopic (exact) mass is 412 g/mol. The molecule has 154 valence electrons. The second-order valence-electron chi connectivity index (χ2n) is 7.65. The van der Waals surface area contributed by atoms with Crippen molar-refractivity contribution >= 4 is 10.0 Å². The maximum Gasteiger partial charge on any atom is 0.242 e. The third-order valence-corrected chi connectivity index (χ3v) is 7.06. The van der Waals surface area contributed by atoms with Crippen LogP contribution in [0.1, 0.15) is 23.1 Å². The normalized spacial score (nSPS) is 16.5. The molecule has 0 amide bonds. The van der Waals surface area contributed by atoms with Crippen LogP contribution in [-0.2, 0) is 23.1 Å². The van der Waals surface area contributed by atoms with E-state index in [-0.39, 0.29) is 0 Å². The minimum atomic E-state index is -3.41. The van der Waals surface area contributed by atoms with Gasteiger partial charge in [-0.05, 0) is 54.9 Å². The van der Waals surface area contributed by atoms with Crippen molar-refractivity contribution in [3.8, 4) is 6.07 Å². The number of hydrogen-bond acceptors (Lipinski definition) is 5. The van der Waals surface area contributed by atoms with Crippen LogP contribution in [0.25, 0.3) is 0 Å². The molecule has 0 aromatic heterocycles. The van der Waals surface area contributed by atoms with Crippen LogP contribution >= 0.6 is 0 Å². The van der Waals surface area contributed by atoms with Crippen LogP contribution in [0.5, 0.6) is 0 Å². The fourth-order valence-electron chi connectivity index (χ4n) is 3.56. The number of nitrogens with zero attached hydrogens (tertiary/aromatic N) is 4. The Morgan fingerprint density at radius 1 is 0.931 bits per heavy atom. The average molecular weight is 413 g/mol. The lowest BCUT2D eigenvalue weighted by Gasteiger charge is -2.22. The van der Waals surface area contributed by atoms with Crippen molar-refractivity contribution in [3.05, 3.63) is 65.2 Å². The highest BCUT2D eigenvalue weighted by atomic mass is 32.2. The van der Waals surface area contributed by atoms with E-state index in [0.29, 0.717) is 10.5 Å². The summed E-state index contributed by atoms with van der Waals surface area (Å²) in [6, 6.07) is 17.2. The highest BCUT2D eigenvalue weighted by Gasteiger charge is 2.19. The Kier molecular flexibility index (Phi) is 7.04. The largest absolute Gasteiger partial charge is 0.298 e. The Balaban J connectivity index is 1.59. The van der Waals surface area contributed by atoms with Gasteiger partial charge in [0.1, 0.15) is 0 Å². The first-order valence-corrected chi connectivity index (χ1v) is 11.3. The van der Waals surface area contributed by atoms with Gasteiger partial charge in [-0.3, -0.25) is 9.80 Å². The predicted octanol–water partition coefficient (Wildman–Crippen LogP) is 2.52. The molecule has 0 aliphatic carbocycles. The van der Waals surface area contributed by atoms with Crippen LogP contribution in [0.4, 0.5) is 0 Å². The molecule has 0 spiro atoms. The predicted molar refractivity (Wildman–Crippen MR) is 114 cm³/mol. The zero-order valence-corrected chi connectivity index (χ0v) is 17.9. The number of rotatable bonds is 6. The van der Waals surface area contributed by atoms with Crippen molar-refractivity contribution in [2.75, 3.05) is 40.3 Å². The van der Waals surface area contributed by atoms with Crippen LogP contribution in [0.2, 0.25) is 0 Å².